The summed E-state index contributed by atoms with van der Waals surface area (Å²) in [6, 6.07) is 12.3. The fourth-order valence-electron chi connectivity index (χ4n) is 6.44. The van der Waals surface area contributed by atoms with Crippen LogP contribution in [0.25, 0.3) is 0 Å². The maximum atomic E-state index is 13.3. The van der Waals surface area contributed by atoms with Crippen LogP contribution >= 0.6 is 46.3 Å². The van der Waals surface area contributed by atoms with Gasteiger partial charge in [0.25, 0.3) is 0 Å². The van der Waals surface area contributed by atoms with Gasteiger partial charge in [-0.05, 0) is 79.8 Å². The number of carbonyl (C=O) groups excluding carboxylic acids is 2. The van der Waals surface area contributed by atoms with Crippen molar-refractivity contribution >= 4 is 63.9 Å². The average Bonchev–Trinajstić information content (AvgIpc) is 3.60. The summed E-state index contributed by atoms with van der Waals surface area (Å²) >= 11 is 16.2. The van der Waals surface area contributed by atoms with Gasteiger partial charge in [0.1, 0.15) is 6.54 Å². The Morgan fingerprint density at radius 1 is 1.11 bits per heavy atom. The normalized spacial score (nSPS) is 25.1. The molecule has 5 unspecified atom stereocenters. The predicted octanol–water partition coefficient (Wildman–Crippen LogP) is 6.68. The fraction of sp³-hybridized carbons (Fsp3) is 0.393. The van der Waals surface area contributed by atoms with Gasteiger partial charge in [-0.15, -0.1) is 11.8 Å². The van der Waals surface area contributed by atoms with Crippen LogP contribution in [-0.2, 0) is 16.1 Å². The number of amides is 1. The molecule has 6 nitrogen and oxygen atoms in total. The van der Waals surface area contributed by atoms with Crippen LogP contribution in [0.1, 0.15) is 52.9 Å². The Morgan fingerprint density at radius 2 is 1.87 bits per heavy atom. The lowest BCUT2D eigenvalue weighted by Gasteiger charge is -2.40. The van der Waals surface area contributed by atoms with Crippen LogP contribution in [0, 0.1) is 17.8 Å². The summed E-state index contributed by atoms with van der Waals surface area (Å²) in [4.78, 5) is 39.1. The topological polar surface area (TPSA) is 77.4 Å². The number of hydrogen-bond acceptors (Lipinski definition) is 6. The first-order chi connectivity index (χ1) is 18.4. The molecule has 5 atom stereocenters. The molecule has 10 heteroatoms. The van der Waals surface area contributed by atoms with Crippen LogP contribution in [0.3, 0.4) is 0 Å². The Hall–Kier alpha value is -2.26. The molecule has 1 N–H and O–H groups in total. The average molecular weight is 590 g/mol. The molecule has 2 heterocycles. The van der Waals surface area contributed by atoms with E-state index in [1.807, 2.05) is 12.1 Å². The molecule has 1 aliphatic heterocycles. The number of rotatable bonds is 6. The van der Waals surface area contributed by atoms with Crippen LogP contribution in [-0.4, -0.2) is 28.3 Å². The van der Waals surface area contributed by atoms with Crippen molar-refractivity contribution in [3.63, 3.8) is 0 Å². The van der Waals surface area contributed by atoms with E-state index in [0.29, 0.717) is 50.9 Å². The second kappa shape index (κ2) is 10.4. The smallest absolute Gasteiger partial charge is 0.338 e. The molecule has 6 rings (SSSR count). The van der Waals surface area contributed by atoms with E-state index in [1.54, 1.807) is 53.6 Å². The van der Waals surface area contributed by atoms with E-state index in [0.717, 1.165) is 15.5 Å². The van der Waals surface area contributed by atoms with Gasteiger partial charge in [-0.2, -0.15) is 0 Å². The lowest BCUT2D eigenvalue weighted by atomic mass is 9.75. The number of hydrogen-bond donors (Lipinski definition) is 1. The minimum atomic E-state index is -0.410. The second-order valence-corrected chi connectivity index (χ2v) is 13.0. The highest BCUT2D eigenvalue weighted by molar-refractivity contribution is 8.00. The van der Waals surface area contributed by atoms with E-state index in [-0.39, 0.29) is 23.2 Å². The quantitative estimate of drug-likeness (QED) is 0.325. The van der Waals surface area contributed by atoms with E-state index in [1.165, 1.54) is 30.6 Å². The molecule has 2 fully saturated rings. The van der Waals surface area contributed by atoms with Crippen LogP contribution < -0.4 is 10.2 Å². The molecule has 2 aliphatic carbocycles. The third-order valence-electron chi connectivity index (χ3n) is 7.99. The Balaban J connectivity index is 1.30. The van der Waals surface area contributed by atoms with Gasteiger partial charge in [-0.3, -0.25) is 14.2 Å². The number of ether oxygens (including phenoxy) is 1. The Bertz CT molecular complexity index is 1470. The Kier molecular flexibility index (Phi) is 7.10. The summed E-state index contributed by atoms with van der Waals surface area (Å²) in [6.45, 7) is 1.96. The molecule has 2 aromatic carbocycles. The zero-order chi connectivity index (χ0) is 26.6. The first-order valence-electron chi connectivity index (χ1n) is 12.8. The highest BCUT2D eigenvalue weighted by Gasteiger charge is 2.55. The minimum absolute atomic E-state index is 0.00446. The van der Waals surface area contributed by atoms with E-state index in [9.17, 15) is 14.4 Å². The molecule has 2 saturated carbocycles. The number of nitrogens with one attached hydrogen (secondary N) is 1. The van der Waals surface area contributed by atoms with Gasteiger partial charge in [-0.1, -0.05) is 46.7 Å². The summed E-state index contributed by atoms with van der Waals surface area (Å²) in [5, 5.41) is 5.19. The molecular formula is C28H26Cl2N2O4S2. The third kappa shape index (κ3) is 4.49. The van der Waals surface area contributed by atoms with Crippen molar-refractivity contribution in [1.29, 1.82) is 0 Å². The summed E-state index contributed by atoms with van der Waals surface area (Å²) < 4.78 is 6.62. The monoisotopic (exact) mass is 588 g/mol. The zero-order valence-corrected chi connectivity index (χ0v) is 23.8. The standard InChI is InChI=1S/C28H26Cl2N2O4S2/c1-2-36-27(34)14-8-10-17(11-9-14)31-20(33)13-32-26-25(38-28(32)35)22(18-4-3-5-19(29)23(18)30)21-15-6-7-16(12-15)24(21)37-26/h3-5,8-11,15-16,21-22,24H,2,6-7,12-13H2,1H3,(H,31,33). The largest absolute Gasteiger partial charge is 0.462 e. The summed E-state index contributed by atoms with van der Waals surface area (Å²) in [7, 11) is 0. The van der Waals surface area contributed by atoms with Crippen LogP contribution in [0.4, 0.5) is 5.69 Å². The molecule has 3 aromatic rings. The van der Waals surface area contributed by atoms with E-state index >= 15 is 0 Å². The Labute approximate surface area is 238 Å². The van der Waals surface area contributed by atoms with Crippen molar-refractivity contribution in [3.8, 4) is 0 Å². The summed E-state index contributed by atoms with van der Waals surface area (Å²) in [5.74, 6) is 0.906. The number of thioether (sulfide) groups is 1. The molecule has 1 aromatic heterocycles. The molecule has 38 heavy (non-hydrogen) atoms. The SMILES string of the molecule is CCOC(=O)c1ccc(NC(=O)Cn2c3c(sc2=O)C(c2cccc(Cl)c2Cl)C2C4CCC(C4)C2S3)cc1. The number of esters is 1. The second-order valence-electron chi connectivity index (χ2n) is 10.1. The van der Waals surface area contributed by atoms with Gasteiger partial charge in [0.05, 0.1) is 27.2 Å². The highest BCUT2D eigenvalue weighted by atomic mass is 35.5. The first-order valence-corrected chi connectivity index (χ1v) is 15.2. The number of nitrogens with zero attached hydrogens (tertiary/aromatic N) is 1. The first kappa shape index (κ1) is 26.0. The molecule has 2 bridgehead atoms. The van der Waals surface area contributed by atoms with Crippen molar-refractivity contribution in [1.82, 2.24) is 4.57 Å². The van der Waals surface area contributed by atoms with Gasteiger partial charge >= 0.3 is 10.8 Å². The van der Waals surface area contributed by atoms with Crippen molar-refractivity contribution in [2.24, 2.45) is 17.8 Å². The molecule has 0 spiro atoms. The maximum Gasteiger partial charge on any atom is 0.338 e. The van der Waals surface area contributed by atoms with Gasteiger partial charge in [-0.25, -0.2) is 4.79 Å². The fourth-order valence-corrected chi connectivity index (χ4v) is 10.0. The van der Waals surface area contributed by atoms with Crippen molar-refractivity contribution in [2.75, 3.05) is 11.9 Å². The third-order valence-corrected chi connectivity index (χ3v) is 11.6. The lowest BCUT2D eigenvalue weighted by molar-refractivity contribution is -0.116. The van der Waals surface area contributed by atoms with E-state index in [4.69, 9.17) is 27.9 Å². The van der Waals surface area contributed by atoms with Crippen molar-refractivity contribution in [3.05, 3.63) is 78.2 Å². The van der Waals surface area contributed by atoms with Gasteiger partial charge in [0, 0.05) is 21.7 Å². The minimum Gasteiger partial charge on any atom is -0.462 e. The maximum absolute atomic E-state index is 13.3. The zero-order valence-electron chi connectivity index (χ0n) is 20.6. The molecule has 0 radical (unpaired) electrons. The number of thiazole rings is 1. The van der Waals surface area contributed by atoms with Crippen LogP contribution in [0.5, 0.6) is 0 Å². The molecule has 1 amide bonds. The van der Waals surface area contributed by atoms with Crippen molar-refractivity contribution in [2.45, 2.75) is 48.9 Å². The van der Waals surface area contributed by atoms with Gasteiger partial charge < -0.3 is 10.1 Å². The lowest BCUT2D eigenvalue weighted by Crippen LogP contribution is -2.35. The van der Waals surface area contributed by atoms with Crippen LogP contribution in [0.2, 0.25) is 10.0 Å². The van der Waals surface area contributed by atoms with Gasteiger partial charge in [0.2, 0.25) is 5.91 Å². The molecule has 198 valence electrons. The number of aromatic nitrogens is 1. The van der Waals surface area contributed by atoms with Gasteiger partial charge in [0.15, 0.2) is 0 Å². The number of halogens is 2. The highest BCUT2D eigenvalue weighted by Crippen LogP contribution is 2.64. The Morgan fingerprint density at radius 3 is 2.63 bits per heavy atom. The summed E-state index contributed by atoms with van der Waals surface area (Å²) in [6.07, 6.45) is 3.63. The number of benzene rings is 2. The van der Waals surface area contributed by atoms with E-state index in [2.05, 4.69) is 5.32 Å². The van der Waals surface area contributed by atoms with E-state index < -0.39 is 5.97 Å². The molecule has 0 saturated heterocycles. The summed E-state index contributed by atoms with van der Waals surface area (Å²) in [5.41, 5.74) is 1.93. The molecular weight excluding hydrogens is 563 g/mol. The predicted molar refractivity (Wildman–Crippen MR) is 152 cm³/mol. The van der Waals surface area contributed by atoms with Crippen LogP contribution in [0.15, 0.2) is 52.3 Å². The molecule has 3 aliphatic rings. The number of anilines is 1. The number of fused-ring (bicyclic) bond motifs is 6. The number of carbonyl (C=O) groups is 2. The van der Waals surface area contributed by atoms with Crippen molar-refractivity contribution < 1.29 is 14.3 Å².